The van der Waals surface area contributed by atoms with Gasteiger partial charge < -0.3 is 4.90 Å². The number of aromatic nitrogens is 1. The van der Waals surface area contributed by atoms with Crippen LogP contribution < -0.4 is 0 Å². The first kappa shape index (κ1) is 9.89. The Labute approximate surface area is 96.7 Å². The van der Waals surface area contributed by atoms with Crippen molar-refractivity contribution in [1.29, 1.82) is 0 Å². The van der Waals surface area contributed by atoms with Crippen LogP contribution in [0.3, 0.4) is 0 Å². The minimum absolute atomic E-state index is 0.0704. The Balaban J connectivity index is 2.17. The molecule has 0 aliphatic carbocycles. The summed E-state index contributed by atoms with van der Waals surface area (Å²) in [6.45, 7) is 1.76. The van der Waals surface area contributed by atoms with Crippen molar-refractivity contribution in [3.63, 3.8) is 0 Å². The highest BCUT2D eigenvalue weighted by Crippen LogP contribution is 2.12. The van der Waals surface area contributed by atoms with Gasteiger partial charge in [0.15, 0.2) is 0 Å². The van der Waals surface area contributed by atoms with Crippen LogP contribution >= 0.6 is 22.6 Å². The second kappa shape index (κ2) is 4.25. The van der Waals surface area contributed by atoms with E-state index < -0.39 is 0 Å². The highest BCUT2D eigenvalue weighted by atomic mass is 127. The van der Waals surface area contributed by atoms with Gasteiger partial charge in [-0.05, 0) is 47.6 Å². The van der Waals surface area contributed by atoms with Crippen molar-refractivity contribution in [3.8, 4) is 0 Å². The molecule has 0 saturated carbocycles. The number of hydrogen-bond donors (Lipinski definition) is 0. The fraction of sp³-hybridized carbons (Fsp3) is 0.400. The van der Waals surface area contributed by atoms with Crippen LogP contribution in [0.4, 0.5) is 0 Å². The average Bonchev–Trinajstić information content (AvgIpc) is 2.69. The molecular formula is C10H11IN2O. The predicted octanol–water partition coefficient (Wildman–Crippen LogP) is 1.92. The summed E-state index contributed by atoms with van der Waals surface area (Å²) in [6.07, 6.45) is 3.93. The number of nitrogens with zero attached hydrogens (tertiary/aromatic N) is 2. The van der Waals surface area contributed by atoms with E-state index in [1.54, 1.807) is 6.20 Å². The maximum absolute atomic E-state index is 11.9. The molecule has 1 aliphatic heterocycles. The second-order valence-electron chi connectivity index (χ2n) is 3.36. The molecule has 0 unspecified atom stereocenters. The molecule has 2 rings (SSSR count). The van der Waals surface area contributed by atoms with Gasteiger partial charge in [0, 0.05) is 22.9 Å². The molecule has 74 valence electrons. The number of likely N-dealkylation sites (tertiary alicyclic amines) is 1. The third-order valence-electron chi connectivity index (χ3n) is 2.33. The van der Waals surface area contributed by atoms with Gasteiger partial charge in [-0.15, -0.1) is 0 Å². The van der Waals surface area contributed by atoms with Crippen LogP contribution in [-0.4, -0.2) is 28.9 Å². The monoisotopic (exact) mass is 302 g/mol. The molecule has 1 aromatic heterocycles. The van der Waals surface area contributed by atoms with Gasteiger partial charge in [-0.25, -0.2) is 0 Å². The Kier molecular flexibility index (Phi) is 3.00. The van der Waals surface area contributed by atoms with Crippen molar-refractivity contribution in [3.05, 3.63) is 27.6 Å². The zero-order valence-corrected chi connectivity index (χ0v) is 9.90. The van der Waals surface area contributed by atoms with Crippen molar-refractivity contribution in [2.75, 3.05) is 13.1 Å². The van der Waals surface area contributed by atoms with E-state index in [0.29, 0.717) is 5.69 Å². The first-order chi connectivity index (χ1) is 6.77. The van der Waals surface area contributed by atoms with Crippen molar-refractivity contribution < 1.29 is 4.79 Å². The summed E-state index contributed by atoms with van der Waals surface area (Å²) in [5, 5.41) is 0. The Bertz CT molecular complexity index is 348. The Morgan fingerprint density at radius 1 is 1.43 bits per heavy atom. The zero-order valence-electron chi connectivity index (χ0n) is 7.74. The topological polar surface area (TPSA) is 33.2 Å². The third kappa shape index (κ3) is 2.05. The summed E-state index contributed by atoms with van der Waals surface area (Å²) >= 11 is 2.19. The van der Waals surface area contributed by atoms with Crippen LogP contribution in [0.5, 0.6) is 0 Å². The summed E-state index contributed by atoms with van der Waals surface area (Å²) in [5.41, 5.74) is 0.568. The number of carbonyl (C=O) groups excluding carboxylic acids is 1. The Hall–Kier alpha value is -0.650. The quantitative estimate of drug-likeness (QED) is 0.743. The van der Waals surface area contributed by atoms with Crippen LogP contribution in [-0.2, 0) is 0 Å². The van der Waals surface area contributed by atoms with E-state index in [-0.39, 0.29) is 5.91 Å². The molecule has 0 aromatic carbocycles. The molecule has 0 bridgehead atoms. The van der Waals surface area contributed by atoms with Crippen LogP contribution in [0.15, 0.2) is 18.3 Å². The highest BCUT2D eigenvalue weighted by Gasteiger charge is 2.20. The molecule has 3 nitrogen and oxygen atoms in total. The van der Waals surface area contributed by atoms with Crippen LogP contribution in [0.25, 0.3) is 0 Å². The molecule has 1 aromatic rings. The van der Waals surface area contributed by atoms with E-state index in [1.165, 1.54) is 0 Å². The van der Waals surface area contributed by atoms with Crippen molar-refractivity contribution in [2.45, 2.75) is 12.8 Å². The standard InChI is InChI=1S/C10H11IN2O/c11-8-3-4-12-9(7-8)10(14)13-5-1-2-6-13/h3-4,7H,1-2,5-6H2. The Morgan fingerprint density at radius 2 is 2.14 bits per heavy atom. The molecule has 1 aliphatic rings. The smallest absolute Gasteiger partial charge is 0.272 e. The average molecular weight is 302 g/mol. The zero-order chi connectivity index (χ0) is 9.97. The van der Waals surface area contributed by atoms with Gasteiger partial charge in [0.2, 0.25) is 0 Å². The molecule has 14 heavy (non-hydrogen) atoms. The molecule has 2 heterocycles. The molecule has 4 heteroatoms. The SMILES string of the molecule is O=C(c1cc(I)ccn1)N1CCCC1. The van der Waals surface area contributed by atoms with E-state index in [4.69, 9.17) is 0 Å². The molecule has 0 atom stereocenters. The van der Waals surface area contributed by atoms with E-state index in [9.17, 15) is 4.79 Å². The van der Waals surface area contributed by atoms with E-state index in [0.717, 1.165) is 29.5 Å². The van der Waals surface area contributed by atoms with Gasteiger partial charge in [0.1, 0.15) is 5.69 Å². The molecule has 1 amide bonds. The maximum atomic E-state index is 11.9. The molecular weight excluding hydrogens is 291 g/mol. The second-order valence-corrected chi connectivity index (χ2v) is 4.60. The van der Waals surface area contributed by atoms with Crippen molar-refractivity contribution >= 4 is 28.5 Å². The van der Waals surface area contributed by atoms with E-state index in [2.05, 4.69) is 27.6 Å². The highest BCUT2D eigenvalue weighted by molar-refractivity contribution is 14.1. The molecule has 0 spiro atoms. The summed E-state index contributed by atoms with van der Waals surface area (Å²) in [6, 6.07) is 3.72. The lowest BCUT2D eigenvalue weighted by Gasteiger charge is -2.14. The minimum atomic E-state index is 0.0704. The van der Waals surface area contributed by atoms with Gasteiger partial charge in [0.05, 0.1) is 0 Å². The largest absolute Gasteiger partial charge is 0.337 e. The number of amides is 1. The molecule has 0 radical (unpaired) electrons. The minimum Gasteiger partial charge on any atom is -0.337 e. The number of halogens is 1. The van der Waals surface area contributed by atoms with Gasteiger partial charge in [-0.1, -0.05) is 0 Å². The van der Waals surface area contributed by atoms with Crippen LogP contribution in [0.1, 0.15) is 23.3 Å². The molecule has 1 fully saturated rings. The van der Waals surface area contributed by atoms with Gasteiger partial charge in [-0.2, -0.15) is 0 Å². The van der Waals surface area contributed by atoms with Gasteiger partial charge >= 0.3 is 0 Å². The van der Waals surface area contributed by atoms with Crippen molar-refractivity contribution in [1.82, 2.24) is 9.88 Å². The lowest BCUT2D eigenvalue weighted by molar-refractivity contribution is 0.0787. The van der Waals surface area contributed by atoms with Gasteiger partial charge in [0.25, 0.3) is 5.91 Å². The van der Waals surface area contributed by atoms with E-state index in [1.807, 2.05) is 17.0 Å². The maximum Gasteiger partial charge on any atom is 0.272 e. The lowest BCUT2D eigenvalue weighted by Crippen LogP contribution is -2.28. The Morgan fingerprint density at radius 3 is 2.79 bits per heavy atom. The fourth-order valence-electron chi connectivity index (χ4n) is 1.60. The number of carbonyl (C=O) groups is 1. The first-order valence-electron chi connectivity index (χ1n) is 4.68. The number of hydrogen-bond acceptors (Lipinski definition) is 2. The predicted molar refractivity (Wildman–Crippen MR) is 62.1 cm³/mol. The summed E-state index contributed by atoms with van der Waals surface area (Å²) < 4.78 is 1.06. The first-order valence-corrected chi connectivity index (χ1v) is 5.76. The normalized spacial score (nSPS) is 15.9. The lowest BCUT2D eigenvalue weighted by atomic mass is 10.3. The summed E-state index contributed by atoms with van der Waals surface area (Å²) in [5.74, 6) is 0.0704. The summed E-state index contributed by atoms with van der Waals surface area (Å²) in [7, 11) is 0. The van der Waals surface area contributed by atoms with E-state index >= 15 is 0 Å². The summed E-state index contributed by atoms with van der Waals surface area (Å²) in [4.78, 5) is 17.8. The molecule has 0 N–H and O–H groups in total. The fourth-order valence-corrected chi connectivity index (χ4v) is 2.06. The number of rotatable bonds is 1. The van der Waals surface area contributed by atoms with Crippen LogP contribution in [0, 0.1) is 3.57 Å². The van der Waals surface area contributed by atoms with Gasteiger partial charge in [-0.3, -0.25) is 9.78 Å². The van der Waals surface area contributed by atoms with Crippen molar-refractivity contribution in [2.24, 2.45) is 0 Å². The number of pyridine rings is 1. The third-order valence-corrected chi connectivity index (χ3v) is 3.01. The molecule has 1 saturated heterocycles. The van der Waals surface area contributed by atoms with Crippen LogP contribution in [0.2, 0.25) is 0 Å².